The standard InChI is InChI=1S/C16H35O2PS2.C8H16O2.Zn/c1-3-5-7-9-11-13-15-17-19(20,21)18-16-14-12-10-8-6-4-2;1-2-3-4-5-6-7-8(9)10;/h3-16H2,1-2H3,(H,20,21);2-7H2,1H3,(H,9,10);/q;;+2/p-2. The summed E-state index contributed by atoms with van der Waals surface area (Å²) in [5.41, 5.74) is 0. The molecule has 0 aliphatic heterocycles. The summed E-state index contributed by atoms with van der Waals surface area (Å²) in [4.78, 5) is 9.92. The van der Waals surface area contributed by atoms with Crippen LogP contribution >= 0.6 is 6.12 Å². The number of carbonyl (C=O) groups is 1. The molecular formula is C24H49O4PS2Zn. The minimum Gasteiger partial charge on any atom is -0.550 e. The van der Waals surface area contributed by atoms with Gasteiger partial charge in [0.15, 0.2) is 0 Å². The van der Waals surface area contributed by atoms with E-state index in [0.717, 1.165) is 32.1 Å². The summed E-state index contributed by atoms with van der Waals surface area (Å²) in [7, 11) is 0. The smallest absolute Gasteiger partial charge is 0.550 e. The quantitative estimate of drug-likeness (QED) is 0.0587. The molecule has 0 rings (SSSR count). The molecule has 0 aromatic rings. The number of hydrogen-bond donors (Lipinski definition) is 0. The summed E-state index contributed by atoms with van der Waals surface area (Å²) in [5.74, 6) is -0.920. The van der Waals surface area contributed by atoms with E-state index in [9.17, 15) is 9.90 Å². The van der Waals surface area contributed by atoms with Crippen LogP contribution in [0.4, 0.5) is 0 Å². The zero-order valence-corrected chi connectivity index (χ0v) is 26.7. The van der Waals surface area contributed by atoms with Gasteiger partial charge in [-0.25, -0.2) is 0 Å². The van der Waals surface area contributed by atoms with Crippen LogP contribution in [-0.2, 0) is 57.8 Å². The zero-order valence-electron chi connectivity index (χ0n) is 21.2. The minimum absolute atomic E-state index is 0. The maximum Gasteiger partial charge on any atom is 2.00 e. The van der Waals surface area contributed by atoms with Crippen molar-refractivity contribution in [2.24, 2.45) is 0 Å². The Bertz CT molecular complexity index is 358. The van der Waals surface area contributed by atoms with Gasteiger partial charge in [0.25, 0.3) is 0 Å². The molecule has 0 heterocycles. The van der Waals surface area contributed by atoms with E-state index in [1.807, 2.05) is 0 Å². The first-order chi connectivity index (χ1) is 14.9. The molecule has 32 heavy (non-hydrogen) atoms. The van der Waals surface area contributed by atoms with Crippen molar-refractivity contribution in [3.63, 3.8) is 0 Å². The van der Waals surface area contributed by atoms with Gasteiger partial charge >= 0.3 is 19.5 Å². The van der Waals surface area contributed by atoms with Crippen LogP contribution in [0.5, 0.6) is 0 Å². The van der Waals surface area contributed by atoms with Crippen molar-refractivity contribution < 1.29 is 38.4 Å². The Balaban J connectivity index is -0.000000646. The first-order valence-corrected chi connectivity index (χ1v) is 16.3. The third kappa shape index (κ3) is 35.7. The Kier molecular flexibility index (Phi) is 35.5. The molecule has 0 aliphatic carbocycles. The number of rotatable bonds is 22. The first-order valence-electron chi connectivity index (χ1n) is 12.7. The van der Waals surface area contributed by atoms with Crippen molar-refractivity contribution in [2.45, 2.75) is 136 Å². The fourth-order valence-corrected chi connectivity index (χ4v) is 4.70. The van der Waals surface area contributed by atoms with Crippen LogP contribution in [0.25, 0.3) is 0 Å². The Morgan fingerprint density at radius 2 is 0.938 bits per heavy atom. The van der Waals surface area contributed by atoms with Crippen molar-refractivity contribution in [2.75, 3.05) is 13.2 Å². The molecule has 0 spiro atoms. The van der Waals surface area contributed by atoms with Crippen molar-refractivity contribution in [1.82, 2.24) is 0 Å². The van der Waals surface area contributed by atoms with E-state index in [2.05, 4.69) is 20.8 Å². The van der Waals surface area contributed by atoms with Crippen LogP contribution in [0.15, 0.2) is 0 Å². The third-order valence-corrected chi connectivity index (χ3v) is 7.24. The second kappa shape index (κ2) is 30.2. The SMILES string of the molecule is CCCCCCCC(=O)[O-].CCCCCCCCO[P+]([S-])([S-])OCCCCCCCC.[Zn+2]. The van der Waals surface area contributed by atoms with Crippen molar-refractivity contribution in [3.8, 4) is 0 Å². The molecule has 0 aromatic heterocycles. The van der Waals surface area contributed by atoms with E-state index in [-0.39, 0.29) is 25.9 Å². The summed E-state index contributed by atoms with van der Waals surface area (Å²) in [6.07, 6.45) is 18.2. The molecule has 0 radical (unpaired) electrons. The summed E-state index contributed by atoms with van der Waals surface area (Å²) in [5, 5.41) is 9.92. The number of carboxylic acids is 1. The Morgan fingerprint density at radius 3 is 1.28 bits per heavy atom. The Hall–Kier alpha value is 1.14. The van der Waals surface area contributed by atoms with Gasteiger partial charge in [-0.15, -0.1) is 0 Å². The maximum atomic E-state index is 9.92. The van der Waals surface area contributed by atoms with Gasteiger partial charge in [0.2, 0.25) is 0 Å². The van der Waals surface area contributed by atoms with Crippen LogP contribution in [0.3, 0.4) is 0 Å². The van der Waals surface area contributed by atoms with Gasteiger partial charge in [-0.05, 0) is 25.7 Å². The minimum atomic E-state index is -2.40. The van der Waals surface area contributed by atoms with E-state index >= 15 is 0 Å². The molecular weight excluding hydrogens is 513 g/mol. The molecule has 0 aromatic carbocycles. The van der Waals surface area contributed by atoms with Crippen LogP contribution in [-0.4, -0.2) is 19.2 Å². The van der Waals surface area contributed by atoms with Gasteiger partial charge in [0.1, 0.15) is 0 Å². The van der Waals surface area contributed by atoms with Gasteiger partial charge < -0.3 is 34.4 Å². The predicted octanol–water partition coefficient (Wildman–Crippen LogP) is 7.61. The molecule has 0 saturated heterocycles. The Labute approximate surface area is 223 Å². The molecule has 0 N–H and O–H groups in total. The molecule has 0 fully saturated rings. The first kappa shape index (κ1) is 37.7. The second-order valence-corrected chi connectivity index (χ2v) is 13.2. The summed E-state index contributed by atoms with van der Waals surface area (Å²) in [6, 6.07) is 0. The summed E-state index contributed by atoms with van der Waals surface area (Å²) >= 11 is 10.5. The summed E-state index contributed by atoms with van der Waals surface area (Å²) in [6.45, 7) is 7.94. The van der Waals surface area contributed by atoms with Gasteiger partial charge in [0.05, 0.1) is 13.2 Å². The van der Waals surface area contributed by atoms with E-state index in [1.54, 1.807) is 0 Å². The zero-order chi connectivity index (χ0) is 23.6. The number of carbonyl (C=O) groups excluding carboxylic acids is 1. The van der Waals surface area contributed by atoms with Crippen LogP contribution in [0, 0.1) is 0 Å². The molecule has 0 amide bonds. The van der Waals surface area contributed by atoms with E-state index in [0.29, 0.717) is 13.2 Å². The van der Waals surface area contributed by atoms with Gasteiger partial charge in [-0.1, -0.05) is 111 Å². The largest absolute Gasteiger partial charge is 2.00 e. The molecule has 8 heteroatoms. The number of unbranched alkanes of at least 4 members (excludes halogenated alkanes) is 14. The van der Waals surface area contributed by atoms with E-state index < -0.39 is 12.1 Å². The monoisotopic (exact) mass is 560 g/mol. The second-order valence-electron chi connectivity index (χ2n) is 8.19. The fourth-order valence-electron chi connectivity index (χ4n) is 3.03. The van der Waals surface area contributed by atoms with Crippen molar-refractivity contribution in [3.05, 3.63) is 0 Å². The van der Waals surface area contributed by atoms with E-state index in [4.69, 9.17) is 33.5 Å². The van der Waals surface area contributed by atoms with Crippen LogP contribution < -0.4 is 5.11 Å². The molecule has 0 atom stereocenters. The number of carboxylic acid groups (broad SMARTS) is 1. The molecule has 0 aliphatic rings. The number of aliphatic carboxylic acids is 1. The molecule has 188 valence electrons. The topological polar surface area (TPSA) is 58.6 Å². The fraction of sp³-hybridized carbons (Fsp3) is 0.958. The average Bonchev–Trinajstić information content (AvgIpc) is 2.72. The molecule has 0 saturated carbocycles. The maximum absolute atomic E-state index is 9.92. The number of hydrogen-bond acceptors (Lipinski definition) is 6. The van der Waals surface area contributed by atoms with E-state index in [1.165, 1.54) is 77.0 Å². The Morgan fingerprint density at radius 1 is 0.625 bits per heavy atom. The average molecular weight is 562 g/mol. The molecule has 0 unspecified atom stereocenters. The summed E-state index contributed by atoms with van der Waals surface area (Å²) < 4.78 is 11.2. The van der Waals surface area contributed by atoms with Gasteiger partial charge in [-0.2, -0.15) is 0 Å². The third-order valence-electron chi connectivity index (χ3n) is 4.98. The van der Waals surface area contributed by atoms with Gasteiger partial charge in [0, 0.05) is 12.1 Å². The molecule has 4 nitrogen and oxygen atoms in total. The molecule has 0 bridgehead atoms. The van der Waals surface area contributed by atoms with Gasteiger partial charge in [-0.3, -0.25) is 9.05 Å². The van der Waals surface area contributed by atoms with Crippen molar-refractivity contribution in [1.29, 1.82) is 0 Å². The van der Waals surface area contributed by atoms with Crippen LogP contribution in [0.1, 0.15) is 136 Å². The van der Waals surface area contributed by atoms with Crippen molar-refractivity contribution >= 4 is 36.6 Å². The predicted molar refractivity (Wildman–Crippen MR) is 139 cm³/mol. The van der Waals surface area contributed by atoms with Crippen LogP contribution in [0.2, 0.25) is 0 Å². The normalized spacial score (nSPS) is 10.9.